The van der Waals surface area contributed by atoms with E-state index in [-0.39, 0.29) is 11.8 Å². The number of aliphatic hydroxyl groups excluding tert-OH is 1. The van der Waals surface area contributed by atoms with Crippen LogP contribution in [0.4, 0.5) is 10.3 Å². The molecule has 20 heavy (non-hydrogen) atoms. The normalized spacial score (nSPS) is 25.8. The first kappa shape index (κ1) is 12.9. The van der Waals surface area contributed by atoms with Crippen LogP contribution in [0.3, 0.4) is 0 Å². The fourth-order valence-corrected chi connectivity index (χ4v) is 2.58. The summed E-state index contributed by atoms with van der Waals surface area (Å²) in [6.07, 6.45) is 4.75. The number of halogens is 1. The maximum Gasteiger partial charge on any atom is 0.222 e. The van der Waals surface area contributed by atoms with Crippen molar-refractivity contribution < 1.29 is 9.50 Å². The number of aromatic nitrogens is 5. The summed E-state index contributed by atoms with van der Waals surface area (Å²) in [6, 6.07) is 0. The summed E-state index contributed by atoms with van der Waals surface area (Å²) in [5.41, 5.74) is 0. The van der Waals surface area contributed by atoms with Gasteiger partial charge in [0.1, 0.15) is 12.2 Å². The average Bonchev–Trinajstić information content (AvgIpc) is 3.08. The molecule has 3 N–H and O–H groups in total. The Bertz CT molecular complexity index is 546. The number of hydrogen-bond donors (Lipinski definition) is 3. The van der Waals surface area contributed by atoms with Crippen LogP contribution in [0, 0.1) is 11.7 Å². The van der Waals surface area contributed by atoms with Crippen LogP contribution in [-0.2, 0) is 0 Å². The standard InChI is InChI=1S/C12H15FN6O/c13-9-4-15-12(16-5-9)14-3-8-1-7(2-10(8)20)11-17-6-18-19-11/h4-8,10,20H,1-3H2,(H,14,15,16)(H,17,18,19)/t7-,8+,10+/m1/s1. The van der Waals surface area contributed by atoms with Gasteiger partial charge in [-0.3, -0.25) is 5.10 Å². The molecular weight excluding hydrogens is 263 g/mol. The van der Waals surface area contributed by atoms with E-state index >= 15 is 0 Å². The van der Waals surface area contributed by atoms with Gasteiger partial charge < -0.3 is 10.4 Å². The zero-order valence-electron chi connectivity index (χ0n) is 10.7. The molecule has 1 saturated carbocycles. The van der Waals surface area contributed by atoms with Crippen LogP contribution in [-0.4, -0.2) is 42.9 Å². The molecule has 0 amide bonds. The minimum absolute atomic E-state index is 0.0822. The maximum atomic E-state index is 12.7. The molecule has 3 atom stereocenters. The molecule has 2 heterocycles. The lowest BCUT2D eigenvalue weighted by molar-refractivity contribution is 0.137. The lowest BCUT2D eigenvalue weighted by Crippen LogP contribution is -2.22. The van der Waals surface area contributed by atoms with Crippen LogP contribution in [0.2, 0.25) is 0 Å². The summed E-state index contributed by atoms with van der Waals surface area (Å²) >= 11 is 0. The number of aliphatic hydroxyl groups is 1. The fraction of sp³-hybridized carbons (Fsp3) is 0.500. The number of nitrogens with one attached hydrogen (secondary N) is 2. The molecule has 2 aromatic heterocycles. The summed E-state index contributed by atoms with van der Waals surface area (Å²) in [7, 11) is 0. The van der Waals surface area contributed by atoms with Crippen LogP contribution in [0.15, 0.2) is 18.7 Å². The van der Waals surface area contributed by atoms with Crippen molar-refractivity contribution in [1.29, 1.82) is 0 Å². The van der Waals surface area contributed by atoms with Gasteiger partial charge in [-0.15, -0.1) is 0 Å². The Morgan fingerprint density at radius 3 is 2.80 bits per heavy atom. The third kappa shape index (κ3) is 2.74. The van der Waals surface area contributed by atoms with Gasteiger partial charge in [0.15, 0.2) is 5.82 Å². The number of nitrogens with zero attached hydrogens (tertiary/aromatic N) is 4. The highest BCUT2D eigenvalue weighted by Crippen LogP contribution is 2.36. The number of hydrogen-bond acceptors (Lipinski definition) is 6. The van der Waals surface area contributed by atoms with Crippen molar-refractivity contribution in [2.24, 2.45) is 5.92 Å². The summed E-state index contributed by atoms with van der Waals surface area (Å²) in [6.45, 7) is 0.539. The largest absolute Gasteiger partial charge is 0.393 e. The van der Waals surface area contributed by atoms with Crippen LogP contribution < -0.4 is 5.32 Å². The Morgan fingerprint density at radius 1 is 1.30 bits per heavy atom. The Balaban J connectivity index is 1.57. The molecule has 8 heteroatoms. The summed E-state index contributed by atoms with van der Waals surface area (Å²) in [4.78, 5) is 11.8. The van der Waals surface area contributed by atoms with E-state index in [1.807, 2.05) is 0 Å². The maximum absolute atomic E-state index is 12.7. The Kier molecular flexibility index (Phi) is 3.55. The van der Waals surface area contributed by atoms with E-state index in [9.17, 15) is 9.50 Å². The van der Waals surface area contributed by atoms with Crippen LogP contribution in [0.5, 0.6) is 0 Å². The van der Waals surface area contributed by atoms with Gasteiger partial charge in [-0.2, -0.15) is 5.10 Å². The zero-order valence-corrected chi connectivity index (χ0v) is 10.7. The van der Waals surface area contributed by atoms with Crippen molar-refractivity contribution in [1.82, 2.24) is 25.1 Å². The molecule has 7 nitrogen and oxygen atoms in total. The highest BCUT2D eigenvalue weighted by molar-refractivity contribution is 5.23. The smallest absolute Gasteiger partial charge is 0.222 e. The van der Waals surface area contributed by atoms with E-state index in [0.29, 0.717) is 18.9 Å². The average molecular weight is 278 g/mol. The monoisotopic (exact) mass is 278 g/mol. The van der Waals surface area contributed by atoms with Gasteiger partial charge >= 0.3 is 0 Å². The molecule has 3 rings (SSSR count). The Morgan fingerprint density at radius 2 is 2.10 bits per heavy atom. The van der Waals surface area contributed by atoms with E-state index in [1.165, 1.54) is 6.33 Å². The van der Waals surface area contributed by atoms with Crippen LogP contribution >= 0.6 is 0 Å². The molecule has 1 aliphatic carbocycles. The topological polar surface area (TPSA) is 99.6 Å². The molecule has 0 saturated heterocycles. The molecule has 0 aromatic carbocycles. The summed E-state index contributed by atoms with van der Waals surface area (Å²) in [5.74, 6) is 0.973. The van der Waals surface area contributed by atoms with E-state index in [1.54, 1.807) is 0 Å². The van der Waals surface area contributed by atoms with Crippen molar-refractivity contribution in [3.8, 4) is 0 Å². The first-order valence-corrected chi connectivity index (χ1v) is 6.47. The predicted molar refractivity (Wildman–Crippen MR) is 68.3 cm³/mol. The van der Waals surface area contributed by atoms with Crippen LogP contribution in [0.1, 0.15) is 24.6 Å². The van der Waals surface area contributed by atoms with E-state index in [2.05, 4.69) is 30.5 Å². The van der Waals surface area contributed by atoms with Crippen molar-refractivity contribution in [2.75, 3.05) is 11.9 Å². The van der Waals surface area contributed by atoms with Crippen molar-refractivity contribution in [3.05, 3.63) is 30.4 Å². The molecule has 0 unspecified atom stereocenters. The second-order valence-electron chi connectivity index (χ2n) is 4.97. The zero-order chi connectivity index (χ0) is 13.9. The quantitative estimate of drug-likeness (QED) is 0.761. The first-order chi connectivity index (χ1) is 9.72. The van der Waals surface area contributed by atoms with E-state index in [0.717, 1.165) is 24.6 Å². The molecule has 1 fully saturated rings. The predicted octanol–water partition coefficient (Wildman–Crippen LogP) is 0.700. The van der Waals surface area contributed by atoms with Crippen molar-refractivity contribution >= 4 is 5.95 Å². The number of aromatic amines is 1. The van der Waals surface area contributed by atoms with E-state index in [4.69, 9.17) is 0 Å². The second-order valence-corrected chi connectivity index (χ2v) is 4.97. The van der Waals surface area contributed by atoms with Gasteiger partial charge in [-0.1, -0.05) is 0 Å². The minimum Gasteiger partial charge on any atom is -0.393 e. The molecule has 2 aromatic rings. The lowest BCUT2D eigenvalue weighted by atomic mass is 10.0. The minimum atomic E-state index is -0.471. The van der Waals surface area contributed by atoms with Crippen LogP contribution in [0.25, 0.3) is 0 Å². The Labute approximate surface area is 114 Å². The Hall–Kier alpha value is -2.09. The highest BCUT2D eigenvalue weighted by Gasteiger charge is 2.35. The summed E-state index contributed by atoms with van der Waals surface area (Å²) < 4.78 is 12.7. The van der Waals surface area contributed by atoms with Gasteiger partial charge in [0.05, 0.1) is 18.5 Å². The van der Waals surface area contributed by atoms with Crippen molar-refractivity contribution in [2.45, 2.75) is 24.9 Å². The van der Waals surface area contributed by atoms with Crippen molar-refractivity contribution in [3.63, 3.8) is 0 Å². The van der Waals surface area contributed by atoms with E-state index < -0.39 is 11.9 Å². The third-order valence-corrected chi connectivity index (χ3v) is 3.62. The number of anilines is 1. The number of H-pyrrole nitrogens is 1. The SMILES string of the molecule is O[C@H]1C[C@H](c2ncn[nH]2)C[C@H]1CNc1ncc(F)cn1. The van der Waals surface area contributed by atoms with Gasteiger partial charge in [-0.25, -0.2) is 19.3 Å². The molecule has 1 aliphatic rings. The highest BCUT2D eigenvalue weighted by atomic mass is 19.1. The molecule has 0 spiro atoms. The van der Waals surface area contributed by atoms with Gasteiger partial charge in [0, 0.05) is 18.4 Å². The summed E-state index contributed by atoms with van der Waals surface area (Å²) in [5, 5.41) is 19.8. The first-order valence-electron chi connectivity index (χ1n) is 6.47. The third-order valence-electron chi connectivity index (χ3n) is 3.62. The molecule has 0 aliphatic heterocycles. The second kappa shape index (κ2) is 5.49. The van der Waals surface area contributed by atoms with Gasteiger partial charge in [-0.05, 0) is 12.8 Å². The van der Waals surface area contributed by atoms with Gasteiger partial charge in [0.25, 0.3) is 0 Å². The molecule has 0 radical (unpaired) electrons. The molecule has 106 valence electrons. The fourth-order valence-electron chi connectivity index (χ4n) is 2.58. The lowest BCUT2D eigenvalue weighted by Gasteiger charge is -2.14. The molecule has 0 bridgehead atoms. The number of rotatable bonds is 4. The molecular formula is C12H15FN6O. The van der Waals surface area contributed by atoms with Gasteiger partial charge in [0.2, 0.25) is 5.95 Å².